The van der Waals surface area contributed by atoms with Crippen LogP contribution in [-0.2, 0) is 0 Å². The number of aromatic nitrogens is 3. The predicted octanol–water partition coefficient (Wildman–Crippen LogP) is 4.18. The lowest BCUT2D eigenvalue weighted by Crippen LogP contribution is -2.23. The van der Waals surface area contributed by atoms with Gasteiger partial charge in [0.25, 0.3) is 5.56 Å². The molecule has 4 rings (SSSR count). The minimum atomic E-state index is -0.243. The molecule has 0 fully saturated rings. The molecule has 0 unspecified atom stereocenters. The molecular formula is C19H11Cl2N3OS. The number of halogens is 2. The fourth-order valence-corrected chi connectivity index (χ4v) is 3.84. The third-order valence-electron chi connectivity index (χ3n) is 3.70. The van der Waals surface area contributed by atoms with E-state index in [-0.39, 0.29) is 5.56 Å². The molecule has 0 aliphatic carbocycles. The molecule has 4 nitrogen and oxygen atoms in total. The molecule has 2 heterocycles. The molecule has 0 N–H and O–H groups in total. The molecule has 0 atom stereocenters. The van der Waals surface area contributed by atoms with E-state index in [9.17, 15) is 4.79 Å². The van der Waals surface area contributed by atoms with Crippen LogP contribution in [0.25, 0.3) is 23.2 Å². The van der Waals surface area contributed by atoms with Gasteiger partial charge in [0, 0.05) is 15.6 Å². The van der Waals surface area contributed by atoms with Gasteiger partial charge in [0.05, 0.1) is 4.53 Å². The van der Waals surface area contributed by atoms with Crippen LogP contribution in [0.5, 0.6) is 0 Å². The van der Waals surface area contributed by atoms with E-state index in [1.54, 1.807) is 30.4 Å². The Morgan fingerprint density at radius 2 is 1.69 bits per heavy atom. The first kappa shape index (κ1) is 17.0. The number of thiazole rings is 1. The highest BCUT2D eigenvalue weighted by molar-refractivity contribution is 7.15. The Kier molecular flexibility index (Phi) is 4.59. The summed E-state index contributed by atoms with van der Waals surface area (Å²) in [7, 11) is 0. The van der Waals surface area contributed by atoms with E-state index < -0.39 is 0 Å². The van der Waals surface area contributed by atoms with Crippen molar-refractivity contribution < 1.29 is 0 Å². The predicted molar refractivity (Wildman–Crippen MR) is 108 cm³/mol. The minimum absolute atomic E-state index is 0.243. The average molecular weight is 400 g/mol. The van der Waals surface area contributed by atoms with E-state index in [0.717, 1.165) is 5.56 Å². The summed E-state index contributed by atoms with van der Waals surface area (Å²) in [6, 6.07) is 15.0. The number of nitrogens with zero attached hydrogens (tertiary/aromatic N) is 3. The second-order valence-corrected chi connectivity index (χ2v) is 7.28. The molecule has 2 aromatic heterocycles. The fourth-order valence-electron chi connectivity index (χ4n) is 2.43. The quantitative estimate of drug-likeness (QED) is 0.519. The Balaban J connectivity index is 1.74. The van der Waals surface area contributed by atoms with Gasteiger partial charge in [-0.05, 0) is 29.8 Å². The van der Waals surface area contributed by atoms with Crippen LogP contribution in [-0.4, -0.2) is 14.6 Å². The molecule has 0 aliphatic heterocycles. The van der Waals surface area contributed by atoms with Crippen LogP contribution in [0.15, 0.2) is 53.3 Å². The van der Waals surface area contributed by atoms with Crippen molar-refractivity contribution in [3.8, 4) is 0 Å². The Morgan fingerprint density at radius 3 is 2.38 bits per heavy atom. The third kappa shape index (κ3) is 3.29. The maximum absolute atomic E-state index is 12.6. The molecule has 2 aromatic carbocycles. The molecule has 0 saturated heterocycles. The summed E-state index contributed by atoms with van der Waals surface area (Å²) in [5.74, 6) is 0.486. The van der Waals surface area contributed by atoms with Gasteiger partial charge < -0.3 is 0 Å². The summed E-state index contributed by atoms with van der Waals surface area (Å²) in [5.41, 5.74) is 1.41. The second kappa shape index (κ2) is 7.03. The highest BCUT2D eigenvalue weighted by Crippen LogP contribution is 2.24. The lowest BCUT2D eigenvalue weighted by Gasteiger charge is -1.99. The number of hydrogen-bond donors (Lipinski definition) is 0. The highest BCUT2D eigenvalue weighted by Gasteiger charge is 2.10. The molecule has 0 spiro atoms. The lowest BCUT2D eigenvalue weighted by atomic mass is 10.2. The smallest absolute Gasteiger partial charge is 0.266 e. The van der Waals surface area contributed by atoms with Crippen LogP contribution in [0, 0.1) is 0 Å². The van der Waals surface area contributed by atoms with Gasteiger partial charge in [0.1, 0.15) is 0 Å². The van der Waals surface area contributed by atoms with Gasteiger partial charge in [-0.3, -0.25) is 4.79 Å². The summed E-state index contributed by atoms with van der Waals surface area (Å²) in [6.45, 7) is 0. The van der Waals surface area contributed by atoms with Gasteiger partial charge in [-0.25, -0.2) is 0 Å². The SMILES string of the molecule is O=c1/c(=C/c2c(Cl)cccc2Cl)sc2nc(/C=C/c3ccccc3)nn12. The van der Waals surface area contributed by atoms with Gasteiger partial charge in [-0.1, -0.05) is 77.0 Å². The lowest BCUT2D eigenvalue weighted by molar-refractivity contribution is 0.925. The maximum Gasteiger partial charge on any atom is 0.291 e. The van der Waals surface area contributed by atoms with E-state index in [2.05, 4.69) is 10.1 Å². The fraction of sp³-hybridized carbons (Fsp3) is 0. The Morgan fingerprint density at radius 1 is 0.962 bits per heavy atom. The van der Waals surface area contributed by atoms with Gasteiger partial charge >= 0.3 is 0 Å². The van der Waals surface area contributed by atoms with Gasteiger partial charge in [-0.2, -0.15) is 9.50 Å². The van der Waals surface area contributed by atoms with Crippen LogP contribution in [0.2, 0.25) is 10.0 Å². The third-order valence-corrected chi connectivity index (χ3v) is 5.32. The molecule has 26 heavy (non-hydrogen) atoms. The van der Waals surface area contributed by atoms with Gasteiger partial charge in [0.2, 0.25) is 4.96 Å². The van der Waals surface area contributed by atoms with E-state index in [1.165, 1.54) is 15.9 Å². The average Bonchev–Trinajstić information content (AvgIpc) is 3.17. The Labute approximate surface area is 162 Å². The van der Waals surface area contributed by atoms with E-state index >= 15 is 0 Å². The summed E-state index contributed by atoms with van der Waals surface area (Å²) in [6.07, 6.45) is 5.36. The molecule has 0 bridgehead atoms. The number of hydrogen-bond acceptors (Lipinski definition) is 4. The van der Waals surface area contributed by atoms with Crippen molar-refractivity contribution in [2.45, 2.75) is 0 Å². The normalized spacial score (nSPS) is 12.5. The van der Waals surface area contributed by atoms with Crippen molar-refractivity contribution in [3.05, 3.63) is 90.4 Å². The first-order chi connectivity index (χ1) is 12.6. The number of rotatable bonds is 3. The largest absolute Gasteiger partial charge is 0.291 e. The van der Waals surface area contributed by atoms with Crippen molar-refractivity contribution >= 4 is 57.7 Å². The van der Waals surface area contributed by atoms with Crippen molar-refractivity contribution in [1.29, 1.82) is 0 Å². The van der Waals surface area contributed by atoms with E-state index in [1.807, 2.05) is 36.4 Å². The molecule has 7 heteroatoms. The van der Waals surface area contributed by atoms with Crippen LogP contribution in [0.4, 0.5) is 0 Å². The summed E-state index contributed by atoms with van der Waals surface area (Å²) >= 11 is 13.6. The number of fused-ring (bicyclic) bond motifs is 1. The summed E-state index contributed by atoms with van der Waals surface area (Å²) < 4.78 is 1.78. The maximum atomic E-state index is 12.6. The number of benzene rings is 2. The summed E-state index contributed by atoms with van der Waals surface area (Å²) in [4.78, 5) is 17.5. The standard InChI is InChI=1S/C19H11Cl2N3OS/c20-14-7-4-8-15(21)13(14)11-16-18(25)24-19(26-16)22-17(23-24)10-9-12-5-2-1-3-6-12/h1-11H/b10-9+,16-11-. The first-order valence-corrected chi connectivity index (χ1v) is 9.27. The zero-order chi connectivity index (χ0) is 18.1. The van der Waals surface area contributed by atoms with Crippen LogP contribution >= 0.6 is 34.5 Å². The molecule has 128 valence electrons. The van der Waals surface area contributed by atoms with Crippen LogP contribution < -0.4 is 10.1 Å². The van der Waals surface area contributed by atoms with E-state index in [4.69, 9.17) is 23.2 Å². The van der Waals surface area contributed by atoms with E-state index in [0.29, 0.717) is 30.9 Å². The molecule has 4 aromatic rings. The van der Waals surface area contributed by atoms with Crippen molar-refractivity contribution in [2.24, 2.45) is 0 Å². The monoisotopic (exact) mass is 399 g/mol. The zero-order valence-electron chi connectivity index (χ0n) is 13.3. The van der Waals surface area contributed by atoms with Gasteiger partial charge in [-0.15, -0.1) is 5.10 Å². The molecule has 0 saturated carbocycles. The van der Waals surface area contributed by atoms with Crippen molar-refractivity contribution in [1.82, 2.24) is 14.6 Å². The van der Waals surface area contributed by atoms with Crippen LogP contribution in [0.1, 0.15) is 17.0 Å². The molecule has 0 aliphatic rings. The zero-order valence-corrected chi connectivity index (χ0v) is 15.6. The highest BCUT2D eigenvalue weighted by atomic mass is 35.5. The topological polar surface area (TPSA) is 47.3 Å². The molecular weight excluding hydrogens is 389 g/mol. The van der Waals surface area contributed by atoms with Crippen molar-refractivity contribution in [3.63, 3.8) is 0 Å². The Hall–Kier alpha value is -2.47. The van der Waals surface area contributed by atoms with Gasteiger partial charge in [0.15, 0.2) is 5.82 Å². The first-order valence-electron chi connectivity index (χ1n) is 7.70. The molecule has 0 amide bonds. The minimum Gasteiger partial charge on any atom is -0.266 e. The van der Waals surface area contributed by atoms with Crippen LogP contribution in [0.3, 0.4) is 0 Å². The molecule has 0 radical (unpaired) electrons. The second-order valence-electron chi connectivity index (χ2n) is 5.46. The summed E-state index contributed by atoms with van der Waals surface area (Å²) in [5, 5.41) is 5.24. The van der Waals surface area contributed by atoms with Crippen molar-refractivity contribution in [2.75, 3.05) is 0 Å². The Bertz CT molecular complexity index is 1210.